The Morgan fingerprint density at radius 2 is 1.72 bits per heavy atom. The number of anilines is 1. The molecule has 146 valence electrons. The highest BCUT2D eigenvalue weighted by atomic mass is 32.1. The Balaban J connectivity index is 1.72. The van der Waals surface area contributed by atoms with Gasteiger partial charge in [0.1, 0.15) is 17.2 Å². The molecule has 29 heavy (non-hydrogen) atoms. The molecule has 0 fully saturated rings. The average molecular weight is 400 g/mol. The van der Waals surface area contributed by atoms with Gasteiger partial charge in [0.05, 0.1) is 9.75 Å². The SMILES string of the molecule is Cc1cc(C)cc(C#Cc2ccc(-c3nc4ccccn4c3NC(C)(C)C)s2)c1. The van der Waals surface area contributed by atoms with Crippen LogP contribution in [-0.2, 0) is 0 Å². The molecule has 0 amide bonds. The molecular formula is C25H25N3S. The summed E-state index contributed by atoms with van der Waals surface area (Å²) in [4.78, 5) is 7.04. The first-order valence-corrected chi connectivity index (χ1v) is 10.6. The highest BCUT2D eigenvalue weighted by Crippen LogP contribution is 2.35. The van der Waals surface area contributed by atoms with E-state index in [1.165, 1.54) is 11.1 Å². The molecule has 4 heteroatoms. The van der Waals surface area contributed by atoms with Crippen LogP contribution in [0.3, 0.4) is 0 Å². The number of aromatic nitrogens is 2. The van der Waals surface area contributed by atoms with Crippen LogP contribution in [0.25, 0.3) is 16.2 Å². The summed E-state index contributed by atoms with van der Waals surface area (Å²) in [5, 5.41) is 3.62. The molecule has 1 N–H and O–H groups in total. The monoisotopic (exact) mass is 399 g/mol. The number of nitrogens with one attached hydrogen (secondary N) is 1. The lowest BCUT2D eigenvalue weighted by molar-refractivity contribution is 0.630. The van der Waals surface area contributed by atoms with Crippen molar-refractivity contribution in [3.8, 4) is 22.4 Å². The Bertz CT molecular complexity index is 1220. The van der Waals surface area contributed by atoms with E-state index in [0.717, 1.165) is 32.5 Å². The van der Waals surface area contributed by atoms with E-state index in [4.69, 9.17) is 4.98 Å². The van der Waals surface area contributed by atoms with E-state index in [0.29, 0.717) is 0 Å². The maximum atomic E-state index is 4.88. The lowest BCUT2D eigenvalue weighted by atomic mass is 10.1. The predicted octanol–water partition coefficient (Wildman–Crippen LogP) is 6.29. The molecule has 3 heterocycles. The predicted molar refractivity (Wildman–Crippen MR) is 124 cm³/mol. The van der Waals surface area contributed by atoms with Crippen molar-refractivity contribution in [3.63, 3.8) is 0 Å². The van der Waals surface area contributed by atoms with Gasteiger partial charge >= 0.3 is 0 Å². The fourth-order valence-corrected chi connectivity index (χ4v) is 4.21. The molecule has 0 saturated carbocycles. The van der Waals surface area contributed by atoms with Crippen molar-refractivity contribution >= 4 is 22.8 Å². The van der Waals surface area contributed by atoms with Crippen LogP contribution < -0.4 is 5.32 Å². The average Bonchev–Trinajstić information content (AvgIpc) is 3.23. The van der Waals surface area contributed by atoms with Crippen LogP contribution in [0.1, 0.15) is 42.3 Å². The van der Waals surface area contributed by atoms with Crippen molar-refractivity contribution < 1.29 is 0 Å². The Labute approximate surface area is 176 Å². The molecule has 0 aliphatic rings. The molecule has 4 aromatic rings. The number of benzene rings is 1. The maximum absolute atomic E-state index is 4.88. The van der Waals surface area contributed by atoms with E-state index >= 15 is 0 Å². The topological polar surface area (TPSA) is 29.3 Å². The van der Waals surface area contributed by atoms with Crippen molar-refractivity contribution in [3.05, 3.63) is 76.3 Å². The summed E-state index contributed by atoms with van der Waals surface area (Å²) in [5.74, 6) is 7.64. The van der Waals surface area contributed by atoms with Crippen molar-refractivity contribution in [2.45, 2.75) is 40.2 Å². The summed E-state index contributed by atoms with van der Waals surface area (Å²) in [5.41, 5.74) is 5.37. The lowest BCUT2D eigenvalue weighted by Crippen LogP contribution is -2.27. The molecular weight excluding hydrogens is 374 g/mol. The molecule has 0 atom stereocenters. The van der Waals surface area contributed by atoms with E-state index in [2.05, 4.69) is 86.5 Å². The first-order chi connectivity index (χ1) is 13.8. The smallest absolute Gasteiger partial charge is 0.140 e. The van der Waals surface area contributed by atoms with Gasteiger partial charge in [-0.1, -0.05) is 24.0 Å². The summed E-state index contributed by atoms with van der Waals surface area (Å²) >= 11 is 1.68. The van der Waals surface area contributed by atoms with Crippen LogP contribution in [0.2, 0.25) is 0 Å². The van der Waals surface area contributed by atoms with E-state index in [1.807, 2.05) is 24.4 Å². The van der Waals surface area contributed by atoms with Gasteiger partial charge in [-0.2, -0.15) is 0 Å². The number of nitrogens with zero attached hydrogens (tertiary/aromatic N) is 2. The molecule has 4 rings (SSSR count). The summed E-state index contributed by atoms with van der Waals surface area (Å²) in [6, 6.07) is 16.7. The molecule has 0 spiro atoms. The van der Waals surface area contributed by atoms with Gasteiger partial charge in [-0.05, 0) is 82.1 Å². The number of pyridine rings is 1. The van der Waals surface area contributed by atoms with E-state index in [-0.39, 0.29) is 5.54 Å². The van der Waals surface area contributed by atoms with Crippen LogP contribution in [0.15, 0.2) is 54.7 Å². The van der Waals surface area contributed by atoms with E-state index < -0.39 is 0 Å². The minimum Gasteiger partial charge on any atom is -0.365 e. The number of imidazole rings is 1. The standard InChI is InChI=1S/C25H25N3S/c1-17-14-18(2)16-19(15-17)9-10-20-11-12-21(29-20)23-24(27-25(3,4)5)28-13-7-6-8-22(28)26-23/h6-8,11-16,27H,1-5H3. The van der Waals surface area contributed by atoms with Crippen LogP contribution in [0.4, 0.5) is 5.82 Å². The Morgan fingerprint density at radius 1 is 0.966 bits per heavy atom. The number of hydrogen-bond acceptors (Lipinski definition) is 3. The van der Waals surface area contributed by atoms with Gasteiger partial charge < -0.3 is 5.32 Å². The molecule has 0 radical (unpaired) electrons. The molecule has 0 unspecified atom stereocenters. The molecule has 1 aromatic carbocycles. The molecule has 3 nitrogen and oxygen atoms in total. The lowest BCUT2D eigenvalue weighted by Gasteiger charge is -2.22. The minimum absolute atomic E-state index is 0.0660. The van der Waals surface area contributed by atoms with Gasteiger partial charge in [-0.15, -0.1) is 11.3 Å². The second-order valence-electron chi connectivity index (χ2n) is 8.40. The Hall–Kier alpha value is -3.03. The fraction of sp³-hybridized carbons (Fsp3) is 0.240. The first-order valence-electron chi connectivity index (χ1n) is 9.74. The fourth-order valence-electron chi connectivity index (χ4n) is 3.36. The molecule has 0 saturated heterocycles. The number of hydrogen-bond donors (Lipinski definition) is 1. The van der Waals surface area contributed by atoms with E-state index in [1.54, 1.807) is 11.3 Å². The van der Waals surface area contributed by atoms with Crippen molar-refractivity contribution in [1.29, 1.82) is 0 Å². The second kappa shape index (κ2) is 7.42. The molecule has 3 aromatic heterocycles. The zero-order chi connectivity index (χ0) is 20.6. The summed E-state index contributed by atoms with van der Waals surface area (Å²) < 4.78 is 2.11. The van der Waals surface area contributed by atoms with Gasteiger partial charge in [0, 0.05) is 17.3 Å². The molecule has 0 bridgehead atoms. The van der Waals surface area contributed by atoms with E-state index in [9.17, 15) is 0 Å². The third-order valence-corrected chi connectivity index (χ3v) is 5.42. The highest BCUT2D eigenvalue weighted by Gasteiger charge is 2.20. The largest absolute Gasteiger partial charge is 0.365 e. The van der Waals surface area contributed by atoms with Crippen molar-refractivity contribution in [2.75, 3.05) is 5.32 Å². The van der Waals surface area contributed by atoms with Crippen LogP contribution in [0, 0.1) is 25.7 Å². The van der Waals surface area contributed by atoms with Crippen molar-refractivity contribution in [1.82, 2.24) is 9.38 Å². The molecule has 0 aliphatic heterocycles. The van der Waals surface area contributed by atoms with Gasteiger partial charge in [0.2, 0.25) is 0 Å². The third-order valence-electron chi connectivity index (χ3n) is 4.41. The number of fused-ring (bicyclic) bond motifs is 1. The quantitative estimate of drug-likeness (QED) is 0.401. The zero-order valence-electron chi connectivity index (χ0n) is 17.5. The number of thiophene rings is 1. The second-order valence-corrected chi connectivity index (χ2v) is 9.49. The third kappa shape index (κ3) is 4.36. The highest BCUT2D eigenvalue weighted by molar-refractivity contribution is 7.16. The van der Waals surface area contributed by atoms with Gasteiger partial charge in [0.15, 0.2) is 0 Å². The van der Waals surface area contributed by atoms with Crippen LogP contribution in [0.5, 0.6) is 0 Å². The summed E-state index contributed by atoms with van der Waals surface area (Å²) in [6.07, 6.45) is 2.05. The van der Waals surface area contributed by atoms with Gasteiger partial charge in [-0.25, -0.2) is 4.98 Å². The Kier molecular flexibility index (Phi) is 4.94. The number of rotatable bonds is 2. The molecule has 0 aliphatic carbocycles. The zero-order valence-corrected chi connectivity index (χ0v) is 18.3. The first kappa shape index (κ1) is 19.3. The maximum Gasteiger partial charge on any atom is 0.140 e. The number of aryl methyl sites for hydroxylation is 2. The van der Waals surface area contributed by atoms with Gasteiger partial charge in [0.25, 0.3) is 0 Å². The Morgan fingerprint density at radius 3 is 2.45 bits per heavy atom. The summed E-state index contributed by atoms with van der Waals surface area (Å²) in [7, 11) is 0. The van der Waals surface area contributed by atoms with Gasteiger partial charge in [-0.3, -0.25) is 4.40 Å². The normalized spacial score (nSPS) is 11.3. The van der Waals surface area contributed by atoms with Crippen LogP contribution in [-0.4, -0.2) is 14.9 Å². The van der Waals surface area contributed by atoms with Crippen LogP contribution >= 0.6 is 11.3 Å². The summed E-state index contributed by atoms with van der Waals surface area (Å²) in [6.45, 7) is 10.7. The van der Waals surface area contributed by atoms with Crippen molar-refractivity contribution in [2.24, 2.45) is 0 Å². The minimum atomic E-state index is -0.0660.